The van der Waals surface area contributed by atoms with Crippen LogP contribution in [0.25, 0.3) is 0 Å². The van der Waals surface area contributed by atoms with Crippen LogP contribution in [0.1, 0.15) is 26.7 Å². The molecule has 1 aliphatic rings. The van der Waals surface area contributed by atoms with E-state index in [4.69, 9.17) is 0 Å². The van der Waals surface area contributed by atoms with Gasteiger partial charge in [-0.25, -0.2) is 0 Å². The highest BCUT2D eigenvalue weighted by atomic mass is 79.9. The van der Waals surface area contributed by atoms with Crippen LogP contribution in [0.4, 0.5) is 0 Å². The van der Waals surface area contributed by atoms with Crippen LogP contribution >= 0.6 is 0 Å². The largest absolute Gasteiger partial charge is 1.00 e. The fraction of sp³-hybridized carbons (Fsp3) is 1.00. The van der Waals surface area contributed by atoms with Crippen molar-refractivity contribution in [3.8, 4) is 0 Å². The highest BCUT2D eigenvalue weighted by Gasteiger charge is 2.30. The molecule has 1 nitrogen and oxygen atoms in total. The zero-order valence-corrected chi connectivity index (χ0v) is 9.52. The predicted molar refractivity (Wildman–Crippen MR) is 44.9 cm³/mol. The van der Waals surface area contributed by atoms with Gasteiger partial charge in [0.1, 0.15) is 0 Å². The molecule has 0 N–H and O–H groups in total. The highest BCUT2D eigenvalue weighted by molar-refractivity contribution is 4.59. The van der Waals surface area contributed by atoms with Crippen LogP contribution in [0.5, 0.6) is 0 Å². The van der Waals surface area contributed by atoms with Gasteiger partial charge in [0.05, 0.1) is 26.7 Å². The molecule has 1 rings (SSSR count). The lowest BCUT2D eigenvalue weighted by Crippen LogP contribution is -3.00. The Hall–Kier alpha value is 0.440. The quantitative estimate of drug-likeness (QED) is 0.520. The Morgan fingerprint density at radius 2 is 2.09 bits per heavy atom. The maximum Gasteiger partial charge on any atom is 0.0812 e. The maximum atomic E-state index is 2.40. The minimum absolute atomic E-state index is 0. The van der Waals surface area contributed by atoms with Crippen molar-refractivity contribution in [2.45, 2.75) is 26.7 Å². The fourth-order valence-corrected chi connectivity index (χ4v) is 2.21. The van der Waals surface area contributed by atoms with Crippen LogP contribution in [0.15, 0.2) is 0 Å². The lowest BCUT2D eigenvalue weighted by atomic mass is 10.2. The Balaban J connectivity index is 0.000001000. The topological polar surface area (TPSA) is 0 Å². The molecule has 2 atom stereocenters. The molecule has 0 amide bonds. The van der Waals surface area contributed by atoms with E-state index in [1.54, 1.807) is 0 Å². The van der Waals surface area contributed by atoms with Crippen molar-refractivity contribution in [2.24, 2.45) is 5.92 Å². The summed E-state index contributed by atoms with van der Waals surface area (Å²) in [5.41, 5.74) is 0. The van der Waals surface area contributed by atoms with Gasteiger partial charge in [0.25, 0.3) is 0 Å². The van der Waals surface area contributed by atoms with Crippen molar-refractivity contribution in [3.05, 3.63) is 0 Å². The number of hydrogen-bond donors (Lipinski definition) is 0. The molecule has 0 aromatic rings. The number of halogens is 1. The average molecular weight is 222 g/mol. The smallest absolute Gasteiger partial charge is 0.0812 e. The molecule has 11 heavy (non-hydrogen) atoms. The third kappa shape index (κ3) is 3.12. The molecule has 0 aromatic heterocycles. The highest BCUT2D eigenvalue weighted by Crippen LogP contribution is 2.21. The first-order valence-electron chi connectivity index (χ1n) is 4.50. The lowest BCUT2D eigenvalue weighted by Gasteiger charge is -2.28. The number of rotatable bonds is 2. The van der Waals surface area contributed by atoms with Crippen LogP contribution in [-0.4, -0.2) is 31.2 Å². The monoisotopic (exact) mass is 221 g/mol. The van der Waals surface area contributed by atoms with Crippen molar-refractivity contribution >= 4 is 0 Å². The van der Waals surface area contributed by atoms with Crippen LogP contribution < -0.4 is 17.0 Å². The van der Waals surface area contributed by atoms with Crippen molar-refractivity contribution in [1.82, 2.24) is 0 Å². The summed E-state index contributed by atoms with van der Waals surface area (Å²) in [5.74, 6) is 0.969. The fourth-order valence-electron chi connectivity index (χ4n) is 2.21. The zero-order valence-electron chi connectivity index (χ0n) is 7.94. The molecular formula is C9H20BrN. The first-order valence-corrected chi connectivity index (χ1v) is 4.50. The van der Waals surface area contributed by atoms with Crippen LogP contribution in [0.2, 0.25) is 0 Å². The minimum atomic E-state index is 0. The molecular weight excluding hydrogens is 202 g/mol. The molecule has 2 unspecified atom stereocenters. The van der Waals surface area contributed by atoms with Gasteiger partial charge < -0.3 is 21.5 Å². The molecule has 1 fully saturated rings. The van der Waals surface area contributed by atoms with E-state index in [1.165, 1.54) is 37.0 Å². The van der Waals surface area contributed by atoms with E-state index in [2.05, 4.69) is 20.9 Å². The normalized spacial score (nSPS) is 36.8. The van der Waals surface area contributed by atoms with Gasteiger partial charge >= 0.3 is 0 Å². The molecule has 2 heteroatoms. The summed E-state index contributed by atoms with van der Waals surface area (Å²) in [6.45, 7) is 8.86. The van der Waals surface area contributed by atoms with E-state index in [1.807, 2.05) is 0 Å². The summed E-state index contributed by atoms with van der Waals surface area (Å²) in [7, 11) is 2.40. The standard InChI is InChI=1S/C9H20N.BrH/c1-4-6-10(3)7-5-9(2)8-10;/h9H,4-8H2,1-3H3;1H/q+1;/p-1. The van der Waals surface area contributed by atoms with Gasteiger partial charge in [0.15, 0.2) is 0 Å². The molecule has 0 bridgehead atoms. The van der Waals surface area contributed by atoms with Gasteiger partial charge in [0, 0.05) is 12.3 Å². The molecule has 0 saturated carbocycles. The second kappa shape index (κ2) is 4.46. The molecule has 0 aliphatic carbocycles. The Kier molecular flexibility index (Phi) is 4.64. The van der Waals surface area contributed by atoms with E-state index in [9.17, 15) is 0 Å². The first kappa shape index (κ1) is 11.4. The summed E-state index contributed by atoms with van der Waals surface area (Å²) in [6.07, 6.45) is 2.78. The Labute approximate surface area is 81.1 Å². The molecule has 1 saturated heterocycles. The van der Waals surface area contributed by atoms with E-state index in [0.29, 0.717) is 0 Å². The molecule has 0 aromatic carbocycles. The molecule has 68 valence electrons. The summed E-state index contributed by atoms with van der Waals surface area (Å²) in [5, 5.41) is 0. The van der Waals surface area contributed by atoms with Gasteiger partial charge in [-0.1, -0.05) is 13.8 Å². The number of likely N-dealkylation sites (tertiary alicyclic amines) is 1. The van der Waals surface area contributed by atoms with Gasteiger partial charge in [0.2, 0.25) is 0 Å². The summed E-state index contributed by atoms with van der Waals surface area (Å²) < 4.78 is 1.33. The van der Waals surface area contributed by atoms with Crippen molar-refractivity contribution in [3.63, 3.8) is 0 Å². The lowest BCUT2D eigenvalue weighted by molar-refractivity contribution is -0.899. The number of hydrogen-bond acceptors (Lipinski definition) is 0. The van der Waals surface area contributed by atoms with Gasteiger partial charge in [-0.3, -0.25) is 0 Å². The Morgan fingerprint density at radius 3 is 2.45 bits per heavy atom. The van der Waals surface area contributed by atoms with E-state index >= 15 is 0 Å². The summed E-state index contributed by atoms with van der Waals surface area (Å²) in [4.78, 5) is 0. The van der Waals surface area contributed by atoms with Crippen LogP contribution in [0, 0.1) is 5.92 Å². The SMILES string of the molecule is CCC[N+]1(C)CCC(C)C1.[Br-]. The van der Waals surface area contributed by atoms with Crippen LogP contribution in [0.3, 0.4) is 0 Å². The van der Waals surface area contributed by atoms with E-state index in [0.717, 1.165) is 5.92 Å². The molecule has 1 heterocycles. The van der Waals surface area contributed by atoms with Gasteiger partial charge in [-0.05, 0) is 6.42 Å². The maximum absolute atomic E-state index is 2.40. The third-order valence-electron chi connectivity index (χ3n) is 2.68. The average Bonchev–Trinajstić information content (AvgIpc) is 2.12. The van der Waals surface area contributed by atoms with E-state index in [-0.39, 0.29) is 17.0 Å². The third-order valence-corrected chi connectivity index (χ3v) is 2.68. The van der Waals surface area contributed by atoms with Crippen LogP contribution in [-0.2, 0) is 0 Å². The summed E-state index contributed by atoms with van der Waals surface area (Å²) >= 11 is 0. The Bertz CT molecular complexity index is 112. The number of nitrogens with zero attached hydrogens (tertiary/aromatic N) is 1. The van der Waals surface area contributed by atoms with Crippen molar-refractivity contribution < 1.29 is 21.5 Å². The molecule has 0 radical (unpaired) electrons. The summed E-state index contributed by atoms with van der Waals surface area (Å²) in [6, 6.07) is 0. The molecule has 1 aliphatic heterocycles. The molecule has 0 spiro atoms. The Morgan fingerprint density at radius 1 is 1.45 bits per heavy atom. The van der Waals surface area contributed by atoms with E-state index < -0.39 is 0 Å². The second-order valence-corrected chi connectivity index (χ2v) is 4.14. The zero-order chi connectivity index (χ0) is 7.61. The first-order chi connectivity index (χ1) is 4.66. The predicted octanol–water partition coefficient (Wildman–Crippen LogP) is -1.11. The van der Waals surface area contributed by atoms with Gasteiger partial charge in [-0.2, -0.15) is 0 Å². The number of quaternary nitrogens is 1. The van der Waals surface area contributed by atoms with Gasteiger partial charge in [-0.15, -0.1) is 0 Å². The van der Waals surface area contributed by atoms with Crippen molar-refractivity contribution in [1.29, 1.82) is 0 Å². The second-order valence-electron chi connectivity index (χ2n) is 4.14. The van der Waals surface area contributed by atoms with Crippen molar-refractivity contribution in [2.75, 3.05) is 26.7 Å². The minimum Gasteiger partial charge on any atom is -1.00 e.